The molecule has 2 nitrogen and oxygen atoms in total. The molecule has 0 bridgehead atoms. The van der Waals surface area contributed by atoms with Gasteiger partial charge in [0.1, 0.15) is 5.75 Å². The number of nitrogens with one attached hydrogen (secondary N) is 1. The predicted octanol–water partition coefficient (Wildman–Crippen LogP) is 4.05. The molecule has 1 unspecified atom stereocenters. The van der Waals surface area contributed by atoms with E-state index in [0.29, 0.717) is 6.04 Å². The normalized spacial score (nSPS) is 18.4. The number of hydrogen-bond acceptors (Lipinski definition) is 2. The highest BCUT2D eigenvalue weighted by Gasteiger charge is 2.15. The number of hydrogen-bond donors (Lipinski definition) is 1. The Labute approximate surface area is 127 Å². The monoisotopic (exact) mass is 281 g/mol. The molecule has 1 N–H and O–H groups in total. The van der Waals surface area contributed by atoms with E-state index in [-0.39, 0.29) is 0 Å². The van der Waals surface area contributed by atoms with Crippen molar-refractivity contribution in [1.82, 2.24) is 5.32 Å². The standard InChI is InChI=1S/C19H23NO/c1-21-18-10-6-8-16(14-18)19-11-3-2-7-15(19)13-17-9-4-5-12-20-17/h2-3,6-8,10-11,14,17,20H,4-5,9,12-13H2,1H3. The van der Waals surface area contributed by atoms with Crippen molar-refractivity contribution in [2.45, 2.75) is 31.7 Å². The predicted molar refractivity (Wildman–Crippen MR) is 87.8 cm³/mol. The Morgan fingerprint density at radius 3 is 2.81 bits per heavy atom. The molecular formula is C19H23NO. The van der Waals surface area contributed by atoms with Crippen LogP contribution in [0.1, 0.15) is 24.8 Å². The summed E-state index contributed by atoms with van der Waals surface area (Å²) in [6.45, 7) is 1.16. The van der Waals surface area contributed by atoms with Gasteiger partial charge in [-0.25, -0.2) is 0 Å². The van der Waals surface area contributed by atoms with Crippen LogP contribution in [-0.4, -0.2) is 19.7 Å². The SMILES string of the molecule is COc1cccc(-c2ccccc2CC2CCCCN2)c1. The second kappa shape index (κ2) is 6.77. The lowest BCUT2D eigenvalue weighted by Gasteiger charge is -2.24. The van der Waals surface area contributed by atoms with E-state index < -0.39 is 0 Å². The molecule has 2 heteroatoms. The van der Waals surface area contributed by atoms with E-state index in [2.05, 4.69) is 47.8 Å². The van der Waals surface area contributed by atoms with Crippen molar-refractivity contribution in [3.05, 3.63) is 54.1 Å². The minimum absolute atomic E-state index is 0.616. The minimum atomic E-state index is 0.616. The number of piperidine rings is 1. The fraction of sp³-hybridized carbons (Fsp3) is 0.368. The van der Waals surface area contributed by atoms with Gasteiger partial charge in [-0.1, -0.05) is 42.8 Å². The average molecular weight is 281 g/mol. The molecule has 0 aromatic heterocycles. The third-order valence-electron chi connectivity index (χ3n) is 4.28. The van der Waals surface area contributed by atoms with Gasteiger partial charge >= 0.3 is 0 Å². The van der Waals surface area contributed by atoms with E-state index in [9.17, 15) is 0 Å². The molecule has 1 saturated heterocycles. The maximum absolute atomic E-state index is 5.35. The van der Waals surface area contributed by atoms with Crippen LogP contribution in [0.3, 0.4) is 0 Å². The van der Waals surface area contributed by atoms with E-state index >= 15 is 0 Å². The molecule has 2 aromatic carbocycles. The van der Waals surface area contributed by atoms with Crippen molar-refractivity contribution in [3.8, 4) is 16.9 Å². The number of rotatable bonds is 4. The minimum Gasteiger partial charge on any atom is -0.497 e. The fourth-order valence-corrected chi connectivity index (χ4v) is 3.13. The molecule has 1 aliphatic heterocycles. The Morgan fingerprint density at radius 2 is 2.00 bits per heavy atom. The molecule has 1 fully saturated rings. The maximum Gasteiger partial charge on any atom is 0.119 e. The third kappa shape index (κ3) is 3.45. The van der Waals surface area contributed by atoms with Crippen molar-refractivity contribution in [2.24, 2.45) is 0 Å². The Kier molecular flexibility index (Phi) is 4.56. The first-order chi connectivity index (χ1) is 10.4. The number of benzene rings is 2. The highest BCUT2D eigenvalue weighted by atomic mass is 16.5. The first-order valence-electron chi connectivity index (χ1n) is 7.82. The Hall–Kier alpha value is -1.80. The summed E-state index contributed by atoms with van der Waals surface area (Å²) in [6, 6.07) is 17.7. The first kappa shape index (κ1) is 14.2. The summed E-state index contributed by atoms with van der Waals surface area (Å²) >= 11 is 0. The summed E-state index contributed by atoms with van der Waals surface area (Å²) < 4.78 is 5.35. The van der Waals surface area contributed by atoms with Crippen LogP contribution in [0.4, 0.5) is 0 Å². The van der Waals surface area contributed by atoms with Crippen molar-refractivity contribution in [1.29, 1.82) is 0 Å². The molecule has 0 spiro atoms. The van der Waals surface area contributed by atoms with E-state index in [1.165, 1.54) is 36.0 Å². The van der Waals surface area contributed by atoms with E-state index in [4.69, 9.17) is 4.74 Å². The molecule has 1 heterocycles. The molecule has 1 atom stereocenters. The zero-order chi connectivity index (χ0) is 14.5. The van der Waals surface area contributed by atoms with Crippen LogP contribution in [0.15, 0.2) is 48.5 Å². The molecule has 2 aromatic rings. The summed E-state index contributed by atoms with van der Waals surface area (Å²) in [7, 11) is 1.72. The zero-order valence-corrected chi connectivity index (χ0v) is 12.6. The topological polar surface area (TPSA) is 21.3 Å². The summed E-state index contributed by atoms with van der Waals surface area (Å²) in [4.78, 5) is 0. The van der Waals surface area contributed by atoms with Crippen LogP contribution < -0.4 is 10.1 Å². The lowest BCUT2D eigenvalue weighted by atomic mass is 9.92. The second-order valence-electron chi connectivity index (χ2n) is 5.74. The van der Waals surface area contributed by atoms with Crippen LogP contribution >= 0.6 is 0 Å². The highest BCUT2D eigenvalue weighted by Crippen LogP contribution is 2.28. The van der Waals surface area contributed by atoms with Gasteiger partial charge in [0.2, 0.25) is 0 Å². The largest absolute Gasteiger partial charge is 0.497 e. The van der Waals surface area contributed by atoms with Gasteiger partial charge in [-0.15, -0.1) is 0 Å². The molecule has 0 amide bonds. The van der Waals surface area contributed by atoms with Gasteiger partial charge in [-0.2, -0.15) is 0 Å². The van der Waals surface area contributed by atoms with Gasteiger partial charge < -0.3 is 10.1 Å². The van der Waals surface area contributed by atoms with Crippen molar-refractivity contribution in [2.75, 3.05) is 13.7 Å². The van der Waals surface area contributed by atoms with Gasteiger partial charge in [-0.3, -0.25) is 0 Å². The molecule has 0 aliphatic carbocycles. The maximum atomic E-state index is 5.35. The Morgan fingerprint density at radius 1 is 1.10 bits per heavy atom. The van der Waals surface area contributed by atoms with Gasteiger partial charge in [0.05, 0.1) is 7.11 Å². The lowest BCUT2D eigenvalue weighted by molar-refractivity contribution is 0.399. The van der Waals surface area contributed by atoms with Crippen molar-refractivity contribution >= 4 is 0 Å². The lowest BCUT2D eigenvalue weighted by Crippen LogP contribution is -2.35. The molecule has 0 saturated carbocycles. The molecule has 1 aliphatic rings. The van der Waals surface area contributed by atoms with Crippen LogP contribution in [0, 0.1) is 0 Å². The molecular weight excluding hydrogens is 258 g/mol. The summed E-state index contributed by atoms with van der Waals surface area (Å²) in [6.07, 6.45) is 5.05. The van der Waals surface area contributed by atoms with E-state index in [1.54, 1.807) is 7.11 Å². The third-order valence-corrected chi connectivity index (χ3v) is 4.28. The van der Waals surface area contributed by atoms with Gasteiger partial charge in [-0.05, 0) is 54.6 Å². The van der Waals surface area contributed by atoms with E-state index in [0.717, 1.165) is 18.7 Å². The molecule has 3 rings (SSSR count). The van der Waals surface area contributed by atoms with Gasteiger partial charge in [0, 0.05) is 6.04 Å². The van der Waals surface area contributed by atoms with Crippen LogP contribution in [0.2, 0.25) is 0 Å². The van der Waals surface area contributed by atoms with Crippen LogP contribution in [-0.2, 0) is 6.42 Å². The smallest absolute Gasteiger partial charge is 0.119 e. The molecule has 110 valence electrons. The molecule has 21 heavy (non-hydrogen) atoms. The fourth-order valence-electron chi connectivity index (χ4n) is 3.13. The van der Waals surface area contributed by atoms with Crippen molar-refractivity contribution < 1.29 is 4.74 Å². The van der Waals surface area contributed by atoms with Gasteiger partial charge in [0.15, 0.2) is 0 Å². The van der Waals surface area contributed by atoms with Crippen molar-refractivity contribution in [3.63, 3.8) is 0 Å². The summed E-state index contributed by atoms with van der Waals surface area (Å²) in [5.74, 6) is 0.915. The number of methoxy groups -OCH3 is 1. The first-order valence-corrected chi connectivity index (χ1v) is 7.82. The highest BCUT2D eigenvalue weighted by molar-refractivity contribution is 5.68. The summed E-state index contributed by atoms with van der Waals surface area (Å²) in [5, 5.41) is 3.64. The number of ether oxygens (including phenoxy) is 1. The van der Waals surface area contributed by atoms with E-state index in [1.807, 2.05) is 6.07 Å². The molecule has 0 radical (unpaired) electrons. The van der Waals surface area contributed by atoms with Gasteiger partial charge in [0.25, 0.3) is 0 Å². The average Bonchev–Trinajstić information content (AvgIpc) is 2.56. The summed E-state index contributed by atoms with van der Waals surface area (Å²) in [5.41, 5.74) is 3.98. The van der Waals surface area contributed by atoms with Crippen LogP contribution in [0.5, 0.6) is 5.75 Å². The quantitative estimate of drug-likeness (QED) is 0.913. The Balaban J connectivity index is 1.87. The zero-order valence-electron chi connectivity index (χ0n) is 12.6. The van der Waals surface area contributed by atoms with Crippen LogP contribution in [0.25, 0.3) is 11.1 Å². The second-order valence-corrected chi connectivity index (χ2v) is 5.74. The Bertz CT molecular complexity index is 588.